The molecule has 126 valence electrons. The molecule has 0 aliphatic heterocycles. The summed E-state index contributed by atoms with van der Waals surface area (Å²) in [5.41, 5.74) is 5.03. The fourth-order valence-electron chi connectivity index (χ4n) is 2.78. The summed E-state index contributed by atoms with van der Waals surface area (Å²) in [7, 11) is 0. The highest BCUT2D eigenvalue weighted by atomic mass is 16.1. The van der Waals surface area contributed by atoms with Crippen LogP contribution >= 0.6 is 0 Å². The summed E-state index contributed by atoms with van der Waals surface area (Å²) >= 11 is 0. The molecule has 0 unspecified atom stereocenters. The zero-order valence-electron chi connectivity index (χ0n) is 14.7. The molecule has 2 nitrogen and oxygen atoms in total. The predicted molar refractivity (Wildman–Crippen MR) is 105 cm³/mol. The van der Waals surface area contributed by atoms with Gasteiger partial charge in [0, 0.05) is 11.3 Å². The number of anilines is 1. The van der Waals surface area contributed by atoms with Crippen molar-refractivity contribution in [3.05, 3.63) is 90.0 Å². The first-order valence-corrected chi connectivity index (χ1v) is 8.74. The molecule has 3 aromatic rings. The molecule has 0 heterocycles. The van der Waals surface area contributed by atoms with E-state index in [2.05, 4.69) is 43.4 Å². The van der Waals surface area contributed by atoms with Gasteiger partial charge in [-0.2, -0.15) is 0 Å². The second-order valence-corrected chi connectivity index (χ2v) is 6.33. The Labute approximate surface area is 149 Å². The van der Waals surface area contributed by atoms with Crippen LogP contribution in [0.15, 0.2) is 78.9 Å². The Morgan fingerprint density at radius 2 is 1.44 bits per heavy atom. The highest BCUT2D eigenvalue weighted by Crippen LogP contribution is 2.22. The van der Waals surface area contributed by atoms with Gasteiger partial charge in [-0.1, -0.05) is 68.4 Å². The second kappa shape index (κ2) is 7.80. The number of nitrogens with one attached hydrogen (secondary N) is 1. The summed E-state index contributed by atoms with van der Waals surface area (Å²) in [4.78, 5) is 12.4. The summed E-state index contributed by atoms with van der Waals surface area (Å²) in [6.07, 6.45) is 1.11. The van der Waals surface area contributed by atoms with Crippen molar-refractivity contribution >= 4 is 11.6 Å². The maximum absolute atomic E-state index is 12.4. The molecule has 0 saturated heterocycles. The smallest absolute Gasteiger partial charge is 0.255 e. The molecule has 1 amide bonds. The molecule has 0 spiro atoms. The Bertz CT molecular complexity index is 820. The number of carbonyl (C=O) groups excluding carboxylic acids is 1. The molecule has 0 radical (unpaired) electrons. The summed E-state index contributed by atoms with van der Waals surface area (Å²) < 4.78 is 0. The minimum atomic E-state index is -0.0871. The van der Waals surface area contributed by atoms with Gasteiger partial charge in [-0.3, -0.25) is 4.79 Å². The molecule has 0 bridgehead atoms. The largest absolute Gasteiger partial charge is 0.322 e. The quantitative estimate of drug-likeness (QED) is 0.600. The van der Waals surface area contributed by atoms with Gasteiger partial charge < -0.3 is 5.32 Å². The lowest BCUT2D eigenvalue weighted by atomic mass is 9.98. The minimum absolute atomic E-state index is 0.0871. The van der Waals surface area contributed by atoms with E-state index in [4.69, 9.17) is 0 Å². The van der Waals surface area contributed by atoms with Gasteiger partial charge in [-0.25, -0.2) is 0 Å². The van der Waals surface area contributed by atoms with E-state index in [0.29, 0.717) is 11.5 Å². The van der Waals surface area contributed by atoms with Gasteiger partial charge >= 0.3 is 0 Å². The maximum atomic E-state index is 12.4. The van der Waals surface area contributed by atoms with Gasteiger partial charge in [0.2, 0.25) is 0 Å². The summed E-state index contributed by atoms with van der Waals surface area (Å²) in [6.45, 7) is 4.39. The van der Waals surface area contributed by atoms with Crippen LogP contribution < -0.4 is 5.32 Å². The van der Waals surface area contributed by atoms with E-state index in [-0.39, 0.29) is 5.91 Å². The van der Waals surface area contributed by atoms with Gasteiger partial charge in [0.25, 0.3) is 5.91 Å². The number of hydrogen-bond donors (Lipinski definition) is 1. The molecule has 0 aliphatic carbocycles. The van der Waals surface area contributed by atoms with Crippen LogP contribution in [-0.4, -0.2) is 5.91 Å². The van der Waals surface area contributed by atoms with Crippen LogP contribution in [0.3, 0.4) is 0 Å². The van der Waals surface area contributed by atoms with E-state index >= 15 is 0 Å². The van der Waals surface area contributed by atoms with E-state index in [9.17, 15) is 4.79 Å². The molecule has 3 rings (SSSR count). The fourth-order valence-corrected chi connectivity index (χ4v) is 2.78. The lowest BCUT2D eigenvalue weighted by Gasteiger charge is -2.11. The zero-order chi connectivity index (χ0) is 17.6. The van der Waals surface area contributed by atoms with Gasteiger partial charge in [-0.05, 0) is 53.3 Å². The van der Waals surface area contributed by atoms with Crippen LogP contribution in [0.5, 0.6) is 0 Å². The summed E-state index contributed by atoms with van der Waals surface area (Å²) in [5, 5.41) is 2.96. The first-order chi connectivity index (χ1) is 12.2. The van der Waals surface area contributed by atoms with E-state index in [1.807, 2.05) is 54.6 Å². The number of carbonyl (C=O) groups is 1. The van der Waals surface area contributed by atoms with Crippen LogP contribution in [0.4, 0.5) is 5.69 Å². The van der Waals surface area contributed by atoms with E-state index < -0.39 is 0 Å². The van der Waals surface area contributed by atoms with Crippen LogP contribution in [0.1, 0.15) is 42.1 Å². The van der Waals surface area contributed by atoms with Crippen LogP contribution in [0, 0.1) is 0 Å². The molecule has 2 heteroatoms. The molecule has 0 aliphatic rings. The zero-order valence-corrected chi connectivity index (χ0v) is 14.7. The number of rotatable bonds is 5. The average Bonchev–Trinajstić information content (AvgIpc) is 2.68. The molecule has 0 saturated carbocycles. The summed E-state index contributed by atoms with van der Waals surface area (Å²) in [6, 6.07) is 26.0. The van der Waals surface area contributed by atoms with Crippen molar-refractivity contribution in [3.8, 4) is 11.1 Å². The normalized spacial score (nSPS) is 11.8. The molecule has 3 aromatic carbocycles. The maximum Gasteiger partial charge on any atom is 0.255 e. The van der Waals surface area contributed by atoms with Crippen molar-refractivity contribution in [2.45, 2.75) is 26.2 Å². The van der Waals surface area contributed by atoms with Crippen molar-refractivity contribution < 1.29 is 4.79 Å². The minimum Gasteiger partial charge on any atom is -0.322 e. The molecule has 25 heavy (non-hydrogen) atoms. The fraction of sp³-hybridized carbons (Fsp3) is 0.174. The Morgan fingerprint density at radius 3 is 2.04 bits per heavy atom. The highest BCUT2D eigenvalue weighted by Gasteiger charge is 2.08. The molecule has 0 fully saturated rings. The van der Waals surface area contributed by atoms with Crippen LogP contribution in [0.2, 0.25) is 0 Å². The standard InChI is InChI=1S/C23H23NO/c1-3-17(2)18-13-15-22(16-14-18)24-23(25)21-11-9-20(10-12-21)19-7-5-4-6-8-19/h4-17H,3H2,1-2H3,(H,24,25)/t17-/m0/s1. The van der Waals surface area contributed by atoms with Crippen molar-refractivity contribution in [1.82, 2.24) is 0 Å². The lowest BCUT2D eigenvalue weighted by Crippen LogP contribution is -2.11. The van der Waals surface area contributed by atoms with Crippen molar-refractivity contribution in [2.75, 3.05) is 5.32 Å². The average molecular weight is 329 g/mol. The van der Waals surface area contributed by atoms with Gasteiger partial charge in [0.15, 0.2) is 0 Å². The van der Waals surface area contributed by atoms with Crippen molar-refractivity contribution in [1.29, 1.82) is 0 Å². The number of benzene rings is 3. The topological polar surface area (TPSA) is 29.1 Å². The third kappa shape index (κ3) is 4.16. The second-order valence-electron chi connectivity index (χ2n) is 6.33. The lowest BCUT2D eigenvalue weighted by molar-refractivity contribution is 0.102. The molecule has 0 aromatic heterocycles. The highest BCUT2D eigenvalue weighted by molar-refractivity contribution is 6.04. The van der Waals surface area contributed by atoms with Crippen LogP contribution in [-0.2, 0) is 0 Å². The Morgan fingerprint density at radius 1 is 0.840 bits per heavy atom. The SMILES string of the molecule is CC[C@H](C)c1ccc(NC(=O)c2ccc(-c3ccccc3)cc2)cc1. The predicted octanol–water partition coefficient (Wildman–Crippen LogP) is 6.12. The van der Waals surface area contributed by atoms with Crippen molar-refractivity contribution in [2.24, 2.45) is 0 Å². The monoisotopic (exact) mass is 329 g/mol. The molecule has 1 atom stereocenters. The Hall–Kier alpha value is -2.87. The first kappa shape index (κ1) is 17.0. The van der Waals surface area contributed by atoms with Crippen molar-refractivity contribution in [3.63, 3.8) is 0 Å². The van der Waals surface area contributed by atoms with Gasteiger partial charge in [0.1, 0.15) is 0 Å². The third-order valence-electron chi connectivity index (χ3n) is 4.60. The van der Waals surface area contributed by atoms with Crippen LogP contribution in [0.25, 0.3) is 11.1 Å². The Balaban J connectivity index is 1.69. The van der Waals surface area contributed by atoms with E-state index in [0.717, 1.165) is 23.2 Å². The number of hydrogen-bond acceptors (Lipinski definition) is 1. The van der Waals surface area contributed by atoms with Gasteiger partial charge in [0.05, 0.1) is 0 Å². The first-order valence-electron chi connectivity index (χ1n) is 8.74. The number of amides is 1. The third-order valence-corrected chi connectivity index (χ3v) is 4.60. The molecule has 1 N–H and O–H groups in total. The van der Waals surface area contributed by atoms with E-state index in [1.165, 1.54) is 5.56 Å². The summed E-state index contributed by atoms with van der Waals surface area (Å²) in [5.74, 6) is 0.450. The van der Waals surface area contributed by atoms with Gasteiger partial charge in [-0.15, -0.1) is 0 Å². The Kier molecular flexibility index (Phi) is 5.30. The molecular weight excluding hydrogens is 306 g/mol. The van der Waals surface area contributed by atoms with E-state index in [1.54, 1.807) is 0 Å². The molecular formula is C23H23NO.